The lowest BCUT2D eigenvalue weighted by molar-refractivity contribution is -0.142. The molecule has 30 heavy (non-hydrogen) atoms. The molecular formula is C26H39NO3. The minimum Gasteiger partial charge on any atom is -0.461 e. The normalized spacial score (nSPS) is 17.7. The van der Waals surface area contributed by atoms with E-state index in [4.69, 9.17) is 4.74 Å². The van der Waals surface area contributed by atoms with Crippen LogP contribution in [0.5, 0.6) is 0 Å². The lowest BCUT2D eigenvalue weighted by Gasteiger charge is -2.32. The predicted octanol–water partition coefficient (Wildman–Crippen LogP) is 5.98. The van der Waals surface area contributed by atoms with Crippen molar-refractivity contribution in [3.63, 3.8) is 0 Å². The van der Waals surface area contributed by atoms with Crippen LogP contribution in [0.15, 0.2) is 58.7 Å². The summed E-state index contributed by atoms with van der Waals surface area (Å²) in [7, 11) is 1.59. The first kappa shape index (κ1) is 25.7. The number of carbonyl (C=O) groups is 2. The van der Waals surface area contributed by atoms with E-state index in [0.29, 0.717) is 12.8 Å². The van der Waals surface area contributed by atoms with Crippen LogP contribution in [0.1, 0.15) is 73.1 Å². The van der Waals surface area contributed by atoms with Gasteiger partial charge < -0.3 is 10.1 Å². The molecule has 0 fully saturated rings. The summed E-state index contributed by atoms with van der Waals surface area (Å²) >= 11 is 0. The number of hydrogen-bond acceptors (Lipinski definition) is 3. The van der Waals surface area contributed by atoms with Gasteiger partial charge in [0.05, 0.1) is 0 Å². The molecule has 1 N–H and O–H groups in total. The van der Waals surface area contributed by atoms with Crippen molar-refractivity contribution in [2.24, 2.45) is 5.41 Å². The fourth-order valence-electron chi connectivity index (χ4n) is 3.56. The van der Waals surface area contributed by atoms with Crippen LogP contribution in [0.2, 0.25) is 0 Å². The Balaban J connectivity index is 2.46. The van der Waals surface area contributed by atoms with Crippen LogP contribution in [0.3, 0.4) is 0 Å². The van der Waals surface area contributed by atoms with Gasteiger partial charge in [0.2, 0.25) is 5.91 Å². The van der Waals surface area contributed by atoms with Gasteiger partial charge in [-0.2, -0.15) is 0 Å². The van der Waals surface area contributed by atoms with Crippen molar-refractivity contribution in [3.05, 3.63) is 58.7 Å². The number of nitrogens with one attached hydrogen (secondary N) is 1. The second-order valence-electron chi connectivity index (χ2n) is 8.69. The molecule has 0 radical (unpaired) electrons. The van der Waals surface area contributed by atoms with E-state index in [-0.39, 0.29) is 30.3 Å². The van der Waals surface area contributed by atoms with E-state index in [2.05, 4.69) is 51.2 Å². The monoisotopic (exact) mass is 413 g/mol. The zero-order valence-electron chi connectivity index (χ0n) is 19.6. The highest BCUT2D eigenvalue weighted by Gasteiger charge is 2.26. The molecule has 0 unspecified atom stereocenters. The molecule has 4 nitrogen and oxygen atoms in total. The third-order valence-electron chi connectivity index (χ3n) is 5.49. The van der Waals surface area contributed by atoms with E-state index in [1.54, 1.807) is 7.05 Å². The Morgan fingerprint density at radius 1 is 1.13 bits per heavy atom. The van der Waals surface area contributed by atoms with Crippen molar-refractivity contribution in [1.82, 2.24) is 5.32 Å². The molecule has 0 spiro atoms. The zero-order chi connectivity index (χ0) is 22.6. The van der Waals surface area contributed by atoms with Crippen molar-refractivity contribution < 1.29 is 14.3 Å². The molecule has 0 saturated carbocycles. The van der Waals surface area contributed by atoms with Gasteiger partial charge in [0.1, 0.15) is 6.61 Å². The number of hydrogen-bond donors (Lipinski definition) is 1. The summed E-state index contributed by atoms with van der Waals surface area (Å²) in [5.74, 6) is -0.334. The van der Waals surface area contributed by atoms with E-state index < -0.39 is 0 Å². The van der Waals surface area contributed by atoms with Gasteiger partial charge in [-0.1, -0.05) is 60.9 Å². The van der Waals surface area contributed by atoms with E-state index in [1.807, 2.05) is 25.2 Å². The highest BCUT2D eigenvalue weighted by molar-refractivity contribution is 5.76. The van der Waals surface area contributed by atoms with Crippen LogP contribution in [-0.4, -0.2) is 25.5 Å². The summed E-state index contributed by atoms with van der Waals surface area (Å²) < 4.78 is 5.18. The Morgan fingerprint density at radius 3 is 2.53 bits per heavy atom. The molecule has 1 aliphatic rings. The number of amides is 1. The molecule has 4 heteroatoms. The third-order valence-corrected chi connectivity index (χ3v) is 5.49. The number of rotatable bonds is 10. The van der Waals surface area contributed by atoms with Gasteiger partial charge in [-0.15, -0.1) is 0 Å². The van der Waals surface area contributed by atoms with Crippen LogP contribution in [0.25, 0.3) is 0 Å². The topological polar surface area (TPSA) is 55.4 Å². The van der Waals surface area contributed by atoms with Crippen LogP contribution >= 0.6 is 0 Å². The molecule has 0 saturated heterocycles. The Labute approximate surface area is 182 Å². The van der Waals surface area contributed by atoms with Crippen molar-refractivity contribution in [3.8, 4) is 0 Å². The first-order chi connectivity index (χ1) is 14.2. The molecule has 0 bridgehead atoms. The summed E-state index contributed by atoms with van der Waals surface area (Å²) in [6.07, 6.45) is 17.3. The van der Waals surface area contributed by atoms with Gasteiger partial charge in [0.15, 0.2) is 0 Å². The molecule has 0 aliphatic heterocycles. The molecule has 0 heterocycles. The second-order valence-corrected chi connectivity index (χ2v) is 8.69. The highest BCUT2D eigenvalue weighted by atomic mass is 16.5. The Morgan fingerprint density at radius 2 is 1.87 bits per heavy atom. The van der Waals surface area contributed by atoms with Gasteiger partial charge in [-0.25, -0.2) is 0 Å². The Hall–Kier alpha value is -2.36. The molecule has 0 atom stereocenters. The maximum Gasteiger partial charge on any atom is 0.306 e. The van der Waals surface area contributed by atoms with Crippen molar-refractivity contribution in [2.45, 2.75) is 73.1 Å². The second kappa shape index (κ2) is 13.0. The van der Waals surface area contributed by atoms with Crippen LogP contribution in [0.4, 0.5) is 0 Å². The Bertz CT molecular complexity index is 748. The summed E-state index contributed by atoms with van der Waals surface area (Å²) in [5, 5.41) is 2.53. The third kappa shape index (κ3) is 9.91. The summed E-state index contributed by atoms with van der Waals surface area (Å²) in [5.41, 5.74) is 5.47. The van der Waals surface area contributed by atoms with Gasteiger partial charge >= 0.3 is 5.97 Å². The van der Waals surface area contributed by atoms with E-state index in [1.165, 1.54) is 36.0 Å². The standard InChI is InChI=1S/C26H39NO3/c1-20(15-16-23-22(3)12-9-18-26(23,4)5)10-7-11-21(2)17-19-30-25(29)14-8-13-24(28)27-6/h7,10-11,15-17H,8-9,12-14,18-19H2,1-6H3,(H,27,28)/b11-7+,16-15+,20-10+,21-17+. The van der Waals surface area contributed by atoms with Gasteiger partial charge in [-0.3, -0.25) is 9.59 Å². The average Bonchev–Trinajstić information content (AvgIpc) is 2.66. The van der Waals surface area contributed by atoms with Crippen LogP contribution in [0, 0.1) is 5.41 Å². The maximum atomic E-state index is 11.6. The van der Waals surface area contributed by atoms with Gasteiger partial charge in [0.25, 0.3) is 0 Å². The average molecular weight is 414 g/mol. The van der Waals surface area contributed by atoms with Crippen molar-refractivity contribution in [2.75, 3.05) is 13.7 Å². The highest BCUT2D eigenvalue weighted by Crippen LogP contribution is 2.40. The van der Waals surface area contributed by atoms with Crippen LogP contribution < -0.4 is 5.32 Å². The largest absolute Gasteiger partial charge is 0.461 e. The first-order valence-corrected chi connectivity index (χ1v) is 10.9. The van der Waals surface area contributed by atoms with Gasteiger partial charge in [0, 0.05) is 19.9 Å². The van der Waals surface area contributed by atoms with Gasteiger partial charge in [-0.05, 0) is 63.5 Å². The predicted molar refractivity (Wildman–Crippen MR) is 125 cm³/mol. The Kier molecular flexibility index (Phi) is 11.2. The molecule has 1 aliphatic carbocycles. The molecule has 0 aromatic rings. The van der Waals surface area contributed by atoms with Crippen molar-refractivity contribution >= 4 is 11.9 Å². The van der Waals surface area contributed by atoms with E-state index in [0.717, 1.165) is 5.57 Å². The lowest BCUT2D eigenvalue weighted by atomic mass is 9.72. The number of carbonyl (C=O) groups excluding carboxylic acids is 2. The smallest absolute Gasteiger partial charge is 0.306 e. The van der Waals surface area contributed by atoms with Crippen molar-refractivity contribution in [1.29, 1.82) is 0 Å². The minimum atomic E-state index is -0.275. The minimum absolute atomic E-state index is 0.0591. The fraction of sp³-hybridized carbons (Fsp3) is 0.538. The first-order valence-electron chi connectivity index (χ1n) is 10.9. The molecule has 1 amide bonds. The molecule has 1 rings (SSSR count). The van der Waals surface area contributed by atoms with E-state index >= 15 is 0 Å². The zero-order valence-corrected chi connectivity index (χ0v) is 19.6. The lowest BCUT2D eigenvalue weighted by Crippen LogP contribution is -2.19. The van der Waals surface area contributed by atoms with E-state index in [9.17, 15) is 9.59 Å². The summed E-state index contributed by atoms with van der Waals surface area (Å²) in [6, 6.07) is 0. The SMILES string of the molecule is CNC(=O)CCCC(=O)OC/C=C(C)/C=C/C=C(C)/C=C/C1=C(C)CCCC1(C)C. The molecule has 0 aromatic heterocycles. The fourth-order valence-corrected chi connectivity index (χ4v) is 3.56. The number of allylic oxidation sites excluding steroid dienone is 9. The maximum absolute atomic E-state index is 11.6. The number of ether oxygens (including phenoxy) is 1. The molecule has 0 aromatic carbocycles. The van der Waals surface area contributed by atoms with Crippen LogP contribution in [-0.2, 0) is 14.3 Å². The molecule has 166 valence electrons. The number of esters is 1. The summed E-state index contributed by atoms with van der Waals surface area (Å²) in [6.45, 7) is 11.2. The molecular weight excluding hydrogens is 374 g/mol. The quantitative estimate of drug-likeness (QED) is 0.354. The summed E-state index contributed by atoms with van der Waals surface area (Å²) in [4.78, 5) is 22.8.